The second kappa shape index (κ2) is 7.96. The van der Waals surface area contributed by atoms with Crippen molar-refractivity contribution in [3.63, 3.8) is 0 Å². The summed E-state index contributed by atoms with van der Waals surface area (Å²) in [6.45, 7) is 1.67. The zero-order valence-electron chi connectivity index (χ0n) is 11.0. The molecule has 0 aliphatic heterocycles. The van der Waals surface area contributed by atoms with Gasteiger partial charge in [0.2, 0.25) is 0 Å². The molecule has 5 nitrogen and oxygen atoms in total. The van der Waals surface area contributed by atoms with Crippen LogP contribution >= 0.6 is 22.6 Å². The fourth-order valence-corrected chi connectivity index (χ4v) is 2.72. The summed E-state index contributed by atoms with van der Waals surface area (Å²) in [5.41, 5.74) is 5.87. The predicted octanol–water partition coefficient (Wildman–Crippen LogP) is 2.17. The smallest absolute Gasteiger partial charge is 0.142 e. The highest BCUT2D eigenvalue weighted by molar-refractivity contribution is 14.1. The average Bonchev–Trinajstić information content (AvgIpc) is 2.42. The number of nitrogens with one attached hydrogen (secondary N) is 1. The van der Waals surface area contributed by atoms with Gasteiger partial charge in [-0.1, -0.05) is 0 Å². The van der Waals surface area contributed by atoms with Crippen LogP contribution in [0.5, 0.6) is 0 Å². The molecule has 0 aromatic carbocycles. The van der Waals surface area contributed by atoms with Crippen molar-refractivity contribution in [1.82, 2.24) is 9.97 Å². The molecule has 0 atom stereocenters. The molecule has 1 aromatic rings. The van der Waals surface area contributed by atoms with E-state index in [9.17, 15) is 0 Å². The zero-order chi connectivity index (χ0) is 13.5. The van der Waals surface area contributed by atoms with Crippen molar-refractivity contribution in [3.8, 4) is 0 Å². The van der Waals surface area contributed by atoms with Crippen molar-refractivity contribution in [2.75, 3.05) is 18.5 Å². The molecule has 0 spiro atoms. The van der Waals surface area contributed by atoms with Crippen LogP contribution in [0.2, 0.25) is 0 Å². The van der Waals surface area contributed by atoms with E-state index in [-0.39, 0.29) is 0 Å². The Morgan fingerprint density at radius 1 is 1.37 bits per heavy atom. The fraction of sp³-hybridized carbons (Fsp3) is 0.692. The van der Waals surface area contributed by atoms with Crippen LogP contribution in [0.15, 0.2) is 12.5 Å². The maximum atomic E-state index is 5.87. The lowest BCUT2D eigenvalue weighted by molar-refractivity contribution is 0.0251. The van der Waals surface area contributed by atoms with E-state index in [1.54, 1.807) is 12.5 Å². The van der Waals surface area contributed by atoms with Crippen molar-refractivity contribution in [2.24, 2.45) is 5.73 Å². The molecule has 0 unspecified atom stereocenters. The maximum absolute atomic E-state index is 5.87. The Morgan fingerprint density at radius 2 is 2.16 bits per heavy atom. The summed E-state index contributed by atoms with van der Waals surface area (Å²) in [4.78, 5) is 8.15. The van der Waals surface area contributed by atoms with Crippen molar-refractivity contribution in [3.05, 3.63) is 16.1 Å². The number of anilines is 1. The number of aromatic nitrogens is 2. The summed E-state index contributed by atoms with van der Waals surface area (Å²) < 4.78 is 6.91. The van der Waals surface area contributed by atoms with Crippen LogP contribution in [0.4, 0.5) is 5.82 Å². The van der Waals surface area contributed by atoms with Crippen molar-refractivity contribution < 1.29 is 4.74 Å². The third-order valence-corrected chi connectivity index (χ3v) is 4.14. The molecule has 6 heteroatoms. The van der Waals surface area contributed by atoms with E-state index in [2.05, 4.69) is 37.9 Å². The van der Waals surface area contributed by atoms with E-state index in [1.165, 1.54) is 0 Å². The molecule has 19 heavy (non-hydrogen) atoms. The lowest BCUT2D eigenvalue weighted by atomic mass is 9.94. The molecular formula is C13H21IN4O. The quantitative estimate of drug-likeness (QED) is 0.588. The molecule has 1 heterocycles. The lowest BCUT2D eigenvalue weighted by Gasteiger charge is -2.26. The van der Waals surface area contributed by atoms with Crippen LogP contribution in [-0.4, -0.2) is 35.3 Å². The number of halogens is 1. The Kier molecular flexibility index (Phi) is 6.25. The maximum Gasteiger partial charge on any atom is 0.142 e. The van der Waals surface area contributed by atoms with E-state index < -0.39 is 0 Å². The van der Waals surface area contributed by atoms with Gasteiger partial charge in [-0.2, -0.15) is 0 Å². The van der Waals surface area contributed by atoms with Crippen molar-refractivity contribution in [1.29, 1.82) is 0 Å². The third-order valence-electron chi connectivity index (χ3n) is 3.35. The highest BCUT2D eigenvalue weighted by Gasteiger charge is 2.18. The molecule has 106 valence electrons. The molecule has 3 N–H and O–H groups in total. The Balaban J connectivity index is 1.56. The van der Waals surface area contributed by atoms with Crippen molar-refractivity contribution in [2.45, 2.75) is 44.2 Å². The molecule has 1 fully saturated rings. The Labute approximate surface area is 127 Å². The average molecular weight is 376 g/mol. The van der Waals surface area contributed by atoms with Crippen LogP contribution in [0.1, 0.15) is 32.1 Å². The molecule has 2 rings (SSSR count). The van der Waals surface area contributed by atoms with Gasteiger partial charge in [0, 0.05) is 25.4 Å². The standard InChI is InChI=1S/C13H21IN4O/c14-12-8-16-9-18-13(12)17-6-1-7-19-11-4-2-10(15)3-5-11/h8-11H,1-7,15H2,(H,16,17,18). The van der Waals surface area contributed by atoms with Gasteiger partial charge in [0.15, 0.2) is 0 Å². The fourth-order valence-electron chi connectivity index (χ4n) is 2.23. The topological polar surface area (TPSA) is 73.1 Å². The monoisotopic (exact) mass is 376 g/mol. The molecule has 1 saturated carbocycles. The molecule has 0 bridgehead atoms. The number of nitrogens with two attached hydrogens (primary N) is 1. The molecule has 1 aliphatic rings. The number of ether oxygens (including phenoxy) is 1. The summed E-state index contributed by atoms with van der Waals surface area (Å²) in [6.07, 6.45) is 9.19. The highest BCUT2D eigenvalue weighted by atomic mass is 127. The minimum absolute atomic E-state index is 0.390. The summed E-state index contributed by atoms with van der Waals surface area (Å²) in [7, 11) is 0. The first-order chi connectivity index (χ1) is 9.25. The SMILES string of the molecule is NC1CCC(OCCCNc2ncncc2I)CC1. The van der Waals surface area contributed by atoms with E-state index in [0.29, 0.717) is 12.1 Å². The van der Waals surface area contributed by atoms with Gasteiger partial charge < -0.3 is 15.8 Å². The largest absolute Gasteiger partial charge is 0.378 e. The summed E-state index contributed by atoms with van der Waals surface area (Å²) in [5, 5.41) is 3.30. The molecule has 0 radical (unpaired) electrons. The first kappa shape index (κ1) is 14.9. The van der Waals surface area contributed by atoms with Gasteiger partial charge in [0.1, 0.15) is 12.1 Å². The Bertz CT molecular complexity index is 383. The molecular weight excluding hydrogens is 355 g/mol. The van der Waals surface area contributed by atoms with Gasteiger partial charge in [0.05, 0.1) is 9.67 Å². The normalized spacial score (nSPS) is 23.3. The van der Waals surface area contributed by atoms with Crippen LogP contribution in [0.25, 0.3) is 0 Å². The molecule has 0 amide bonds. The predicted molar refractivity (Wildman–Crippen MR) is 84.0 cm³/mol. The highest BCUT2D eigenvalue weighted by Crippen LogP contribution is 2.19. The first-order valence-electron chi connectivity index (χ1n) is 6.82. The van der Waals surface area contributed by atoms with Crippen LogP contribution in [0.3, 0.4) is 0 Å². The summed E-state index contributed by atoms with van der Waals surface area (Å²) >= 11 is 2.23. The number of hydrogen-bond donors (Lipinski definition) is 2. The van der Waals surface area contributed by atoms with Gasteiger partial charge in [-0.3, -0.25) is 0 Å². The van der Waals surface area contributed by atoms with E-state index >= 15 is 0 Å². The minimum atomic E-state index is 0.390. The zero-order valence-corrected chi connectivity index (χ0v) is 13.2. The summed E-state index contributed by atoms with van der Waals surface area (Å²) in [5.74, 6) is 0.902. The first-order valence-corrected chi connectivity index (χ1v) is 7.90. The van der Waals surface area contributed by atoms with Crippen LogP contribution in [-0.2, 0) is 4.74 Å². The van der Waals surface area contributed by atoms with Crippen molar-refractivity contribution >= 4 is 28.4 Å². The van der Waals surface area contributed by atoms with E-state index in [0.717, 1.165) is 54.6 Å². The third kappa shape index (κ3) is 5.19. The molecule has 1 aliphatic carbocycles. The van der Waals surface area contributed by atoms with Crippen LogP contribution < -0.4 is 11.1 Å². The van der Waals surface area contributed by atoms with Gasteiger partial charge in [-0.25, -0.2) is 9.97 Å². The molecule has 0 saturated heterocycles. The van der Waals surface area contributed by atoms with E-state index in [1.807, 2.05) is 0 Å². The van der Waals surface area contributed by atoms with Gasteiger partial charge in [-0.05, 0) is 54.7 Å². The lowest BCUT2D eigenvalue weighted by Crippen LogP contribution is -2.30. The second-order valence-electron chi connectivity index (χ2n) is 4.91. The number of rotatable bonds is 6. The van der Waals surface area contributed by atoms with Crippen LogP contribution in [0, 0.1) is 3.57 Å². The Hall–Kier alpha value is -0.470. The Morgan fingerprint density at radius 3 is 2.89 bits per heavy atom. The summed E-state index contributed by atoms with van der Waals surface area (Å²) in [6, 6.07) is 0.390. The van der Waals surface area contributed by atoms with E-state index in [4.69, 9.17) is 10.5 Å². The number of nitrogens with zero attached hydrogens (tertiary/aromatic N) is 2. The van der Waals surface area contributed by atoms with Gasteiger partial charge in [0.25, 0.3) is 0 Å². The number of hydrogen-bond acceptors (Lipinski definition) is 5. The van der Waals surface area contributed by atoms with Gasteiger partial charge in [-0.15, -0.1) is 0 Å². The van der Waals surface area contributed by atoms with Gasteiger partial charge >= 0.3 is 0 Å². The molecule has 1 aromatic heterocycles. The minimum Gasteiger partial charge on any atom is -0.378 e. The second-order valence-corrected chi connectivity index (χ2v) is 6.07.